The largest absolute Gasteiger partial charge is 0.370 e. The highest BCUT2D eigenvalue weighted by atomic mass is 15.0. The van der Waals surface area contributed by atoms with Gasteiger partial charge < -0.3 is 5.32 Å². The van der Waals surface area contributed by atoms with E-state index in [4.69, 9.17) is 0 Å². The van der Waals surface area contributed by atoms with E-state index < -0.39 is 0 Å². The molecule has 1 aliphatic carbocycles. The average molecular weight is 205 g/mol. The van der Waals surface area contributed by atoms with Gasteiger partial charge in [0.1, 0.15) is 11.6 Å². The summed E-state index contributed by atoms with van der Waals surface area (Å²) < 4.78 is 0. The maximum absolute atomic E-state index is 4.35. The molecule has 1 aromatic heterocycles. The topological polar surface area (TPSA) is 37.8 Å². The summed E-state index contributed by atoms with van der Waals surface area (Å²) in [5, 5.41) is 3.37. The number of nitrogens with one attached hydrogen (secondary N) is 1. The number of aromatic nitrogens is 2. The normalized spacial score (nSPS) is 16.1. The van der Waals surface area contributed by atoms with Crippen molar-refractivity contribution >= 4 is 5.82 Å². The van der Waals surface area contributed by atoms with E-state index in [1.807, 2.05) is 19.9 Å². The second-order valence-corrected chi connectivity index (χ2v) is 4.45. The molecule has 0 bridgehead atoms. The number of hydrogen-bond acceptors (Lipinski definition) is 3. The van der Waals surface area contributed by atoms with Crippen LogP contribution in [0, 0.1) is 19.8 Å². The first-order valence-electron chi connectivity index (χ1n) is 5.80. The van der Waals surface area contributed by atoms with E-state index in [9.17, 15) is 0 Å². The van der Waals surface area contributed by atoms with Crippen molar-refractivity contribution in [2.75, 3.05) is 11.9 Å². The molecule has 1 aliphatic rings. The van der Waals surface area contributed by atoms with Gasteiger partial charge in [-0.3, -0.25) is 0 Å². The molecule has 1 N–H and O–H groups in total. The second-order valence-electron chi connectivity index (χ2n) is 4.45. The molecule has 2 rings (SSSR count). The minimum atomic E-state index is 0.848. The van der Waals surface area contributed by atoms with Crippen molar-refractivity contribution in [1.29, 1.82) is 0 Å². The molecule has 1 fully saturated rings. The molecular weight excluding hydrogens is 186 g/mol. The molecule has 0 radical (unpaired) electrons. The smallest absolute Gasteiger partial charge is 0.129 e. The van der Waals surface area contributed by atoms with Gasteiger partial charge in [-0.15, -0.1) is 0 Å². The number of hydrogen-bond donors (Lipinski definition) is 1. The van der Waals surface area contributed by atoms with Gasteiger partial charge in [-0.1, -0.05) is 19.3 Å². The molecule has 15 heavy (non-hydrogen) atoms. The van der Waals surface area contributed by atoms with Gasteiger partial charge >= 0.3 is 0 Å². The minimum Gasteiger partial charge on any atom is -0.370 e. The predicted octanol–water partition coefficient (Wildman–Crippen LogP) is 2.70. The molecule has 3 heteroatoms. The summed E-state index contributed by atoms with van der Waals surface area (Å²) in [6.07, 6.45) is 5.55. The number of nitrogens with zero attached hydrogens (tertiary/aromatic N) is 2. The number of aryl methyl sites for hydroxylation is 2. The fourth-order valence-corrected chi connectivity index (χ4v) is 1.99. The van der Waals surface area contributed by atoms with Gasteiger partial charge in [-0.25, -0.2) is 9.97 Å². The summed E-state index contributed by atoms with van der Waals surface area (Å²) in [7, 11) is 0. The lowest BCUT2D eigenvalue weighted by atomic mass is 9.83. The Bertz CT molecular complexity index is 311. The monoisotopic (exact) mass is 205 g/mol. The third-order valence-corrected chi connectivity index (χ3v) is 3.05. The molecule has 0 amide bonds. The molecule has 0 unspecified atom stereocenters. The lowest BCUT2D eigenvalue weighted by Gasteiger charge is -2.25. The molecule has 82 valence electrons. The lowest BCUT2D eigenvalue weighted by Crippen LogP contribution is -2.16. The standard InChI is InChI=1S/C12H19N3/c1-9-8-12(15-10(2)14-9)13-7-6-11-4-3-5-11/h8,11H,3-7H2,1-2H3,(H,13,14,15). The van der Waals surface area contributed by atoms with Crippen LogP contribution in [-0.2, 0) is 0 Å². The lowest BCUT2D eigenvalue weighted by molar-refractivity contribution is 0.303. The second kappa shape index (κ2) is 4.60. The Labute approximate surface area is 91.3 Å². The van der Waals surface area contributed by atoms with Gasteiger partial charge in [-0.05, 0) is 26.2 Å². The summed E-state index contributed by atoms with van der Waals surface area (Å²) >= 11 is 0. The minimum absolute atomic E-state index is 0.848. The maximum atomic E-state index is 4.35. The highest BCUT2D eigenvalue weighted by molar-refractivity contribution is 5.35. The number of rotatable bonds is 4. The van der Waals surface area contributed by atoms with E-state index in [1.54, 1.807) is 0 Å². The van der Waals surface area contributed by atoms with E-state index in [0.29, 0.717) is 0 Å². The zero-order valence-electron chi connectivity index (χ0n) is 9.58. The van der Waals surface area contributed by atoms with Crippen LogP contribution in [0.2, 0.25) is 0 Å². The quantitative estimate of drug-likeness (QED) is 0.821. The van der Waals surface area contributed by atoms with Gasteiger partial charge in [-0.2, -0.15) is 0 Å². The van der Waals surface area contributed by atoms with E-state index in [-0.39, 0.29) is 0 Å². The molecule has 0 saturated heterocycles. The van der Waals surface area contributed by atoms with Crippen molar-refractivity contribution in [2.45, 2.75) is 39.5 Å². The maximum Gasteiger partial charge on any atom is 0.129 e. The van der Waals surface area contributed by atoms with Crippen LogP contribution in [0.4, 0.5) is 5.82 Å². The SMILES string of the molecule is Cc1cc(NCCC2CCC2)nc(C)n1. The van der Waals surface area contributed by atoms with Crippen LogP contribution in [0.25, 0.3) is 0 Å². The molecule has 1 saturated carbocycles. The van der Waals surface area contributed by atoms with Crippen LogP contribution >= 0.6 is 0 Å². The average Bonchev–Trinajstić information content (AvgIpc) is 2.07. The molecule has 0 atom stereocenters. The molecule has 1 heterocycles. The van der Waals surface area contributed by atoms with E-state index in [2.05, 4.69) is 15.3 Å². The van der Waals surface area contributed by atoms with Crippen molar-refractivity contribution in [2.24, 2.45) is 5.92 Å². The van der Waals surface area contributed by atoms with Crippen LogP contribution in [0.3, 0.4) is 0 Å². The Morgan fingerprint density at radius 1 is 1.33 bits per heavy atom. The van der Waals surface area contributed by atoms with Crippen molar-refractivity contribution in [3.63, 3.8) is 0 Å². The first-order valence-corrected chi connectivity index (χ1v) is 5.80. The third kappa shape index (κ3) is 2.91. The van der Waals surface area contributed by atoms with Crippen molar-refractivity contribution < 1.29 is 0 Å². The van der Waals surface area contributed by atoms with E-state index in [1.165, 1.54) is 25.7 Å². The fourth-order valence-electron chi connectivity index (χ4n) is 1.99. The molecule has 1 aromatic rings. The van der Waals surface area contributed by atoms with Crippen LogP contribution in [0.1, 0.15) is 37.2 Å². The Morgan fingerprint density at radius 2 is 2.13 bits per heavy atom. The first-order chi connectivity index (χ1) is 7.24. The van der Waals surface area contributed by atoms with Gasteiger partial charge in [0.05, 0.1) is 0 Å². The van der Waals surface area contributed by atoms with Gasteiger partial charge in [0.2, 0.25) is 0 Å². The molecule has 0 aliphatic heterocycles. The van der Waals surface area contributed by atoms with Crippen LogP contribution in [-0.4, -0.2) is 16.5 Å². The summed E-state index contributed by atoms with van der Waals surface area (Å²) in [6.45, 7) is 4.98. The number of anilines is 1. The van der Waals surface area contributed by atoms with Crippen LogP contribution in [0.15, 0.2) is 6.07 Å². The Balaban J connectivity index is 1.81. The predicted molar refractivity (Wildman–Crippen MR) is 62.0 cm³/mol. The fraction of sp³-hybridized carbons (Fsp3) is 0.667. The van der Waals surface area contributed by atoms with Gasteiger partial charge in [0.15, 0.2) is 0 Å². The Hall–Kier alpha value is -1.12. The molecule has 3 nitrogen and oxygen atoms in total. The summed E-state index contributed by atoms with van der Waals surface area (Å²) in [4.78, 5) is 8.61. The third-order valence-electron chi connectivity index (χ3n) is 3.05. The molecule has 0 aromatic carbocycles. The highest BCUT2D eigenvalue weighted by Gasteiger charge is 2.16. The van der Waals surface area contributed by atoms with Gasteiger partial charge in [0.25, 0.3) is 0 Å². The van der Waals surface area contributed by atoms with E-state index >= 15 is 0 Å². The Morgan fingerprint density at radius 3 is 2.73 bits per heavy atom. The highest BCUT2D eigenvalue weighted by Crippen LogP contribution is 2.29. The van der Waals surface area contributed by atoms with Crippen molar-refractivity contribution in [3.8, 4) is 0 Å². The van der Waals surface area contributed by atoms with Crippen molar-refractivity contribution in [3.05, 3.63) is 17.6 Å². The summed E-state index contributed by atoms with van der Waals surface area (Å²) in [5.41, 5.74) is 1.04. The zero-order chi connectivity index (χ0) is 10.7. The summed E-state index contributed by atoms with van der Waals surface area (Å²) in [5.74, 6) is 2.78. The van der Waals surface area contributed by atoms with Gasteiger partial charge in [0, 0.05) is 18.3 Å². The van der Waals surface area contributed by atoms with Crippen LogP contribution in [0.5, 0.6) is 0 Å². The zero-order valence-corrected chi connectivity index (χ0v) is 9.58. The molecule has 0 spiro atoms. The van der Waals surface area contributed by atoms with Crippen LogP contribution < -0.4 is 5.32 Å². The molecular formula is C12H19N3. The Kier molecular flexibility index (Phi) is 3.19. The first kappa shape index (κ1) is 10.4. The van der Waals surface area contributed by atoms with Crippen molar-refractivity contribution in [1.82, 2.24) is 9.97 Å². The summed E-state index contributed by atoms with van der Waals surface area (Å²) in [6, 6.07) is 2.01. The van der Waals surface area contributed by atoms with E-state index in [0.717, 1.165) is 29.8 Å².